The highest BCUT2D eigenvalue weighted by Crippen LogP contribution is 2.33. The maximum absolute atomic E-state index is 11.8. The molecule has 0 aliphatic rings. The fraction of sp³-hybridized carbons (Fsp3) is 0.111. The van der Waals surface area contributed by atoms with E-state index in [0.29, 0.717) is 39.4 Å². The normalized spacial score (nSPS) is 12.4. The van der Waals surface area contributed by atoms with Crippen LogP contribution in [0, 0.1) is 6.92 Å². The van der Waals surface area contributed by atoms with Gasteiger partial charge in [-0.15, -0.1) is 4.33 Å². The first-order chi connectivity index (χ1) is 14.3. The first-order valence-corrected chi connectivity index (χ1v) is 10.5. The van der Waals surface area contributed by atoms with Gasteiger partial charge in [0.05, 0.1) is 29.1 Å². The second-order valence-corrected chi connectivity index (χ2v) is 8.16. The van der Waals surface area contributed by atoms with Crippen molar-refractivity contribution in [3.05, 3.63) is 54.1 Å². The molecule has 0 fully saturated rings. The monoisotopic (exact) mass is 448 g/mol. The van der Waals surface area contributed by atoms with E-state index in [9.17, 15) is 13.0 Å². The van der Waals surface area contributed by atoms with Crippen molar-refractivity contribution in [2.24, 2.45) is 20.5 Å². The lowest BCUT2D eigenvalue weighted by Crippen LogP contribution is -1.99. The van der Waals surface area contributed by atoms with Gasteiger partial charge in [0.1, 0.15) is 4.90 Å². The zero-order valence-corrected chi connectivity index (χ0v) is 17.4. The molecule has 0 unspecified atom stereocenters. The third kappa shape index (κ3) is 5.24. The molecule has 3 rings (SSSR count). The summed E-state index contributed by atoms with van der Waals surface area (Å²) in [5.74, 6) is 0. The Morgan fingerprint density at radius 2 is 1.70 bits per heavy atom. The Bertz CT molecular complexity index is 1240. The molecule has 0 spiro atoms. The van der Waals surface area contributed by atoms with Crippen molar-refractivity contribution in [2.45, 2.75) is 16.7 Å². The van der Waals surface area contributed by atoms with Gasteiger partial charge >= 0.3 is 0 Å². The lowest BCUT2D eigenvalue weighted by Gasteiger charge is -2.08. The molecule has 0 heterocycles. The molecule has 10 nitrogen and oxygen atoms in total. The van der Waals surface area contributed by atoms with Crippen LogP contribution >= 0.6 is 12.0 Å². The maximum atomic E-state index is 11.8. The molecule has 0 aliphatic heterocycles. The molecule has 0 atom stereocenters. The molecular formula is C18H16N4O6S2. The Morgan fingerprint density at radius 3 is 2.37 bits per heavy atom. The molecule has 0 bridgehead atoms. The van der Waals surface area contributed by atoms with E-state index in [0.717, 1.165) is 5.56 Å². The van der Waals surface area contributed by atoms with Crippen LogP contribution in [0.1, 0.15) is 5.56 Å². The van der Waals surface area contributed by atoms with Gasteiger partial charge in [-0.05, 0) is 60.3 Å². The molecule has 3 aromatic rings. The van der Waals surface area contributed by atoms with Gasteiger partial charge < -0.3 is 0 Å². The highest BCUT2D eigenvalue weighted by Gasteiger charge is 2.17. The smallest absolute Gasteiger partial charge is 0.282 e. The first kappa shape index (κ1) is 22.0. The van der Waals surface area contributed by atoms with Gasteiger partial charge in [0.15, 0.2) is 0 Å². The van der Waals surface area contributed by atoms with E-state index >= 15 is 0 Å². The molecule has 2 N–H and O–H groups in total. The number of nitrogens with zero attached hydrogens (tertiary/aromatic N) is 4. The Hall–Kier alpha value is -2.74. The summed E-state index contributed by atoms with van der Waals surface area (Å²) in [7, 11) is -2.96. The fourth-order valence-corrected chi connectivity index (χ4v) is 3.96. The van der Waals surface area contributed by atoms with Crippen molar-refractivity contribution in [1.82, 2.24) is 0 Å². The number of rotatable bonds is 7. The first-order valence-electron chi connectivity index (χ1n) is 8.34. The summed E-state index contributed by atoms with van der Waals surface area (Å²) in [6.07, 6.45) is 0. The van der Waals surface area contributed by atoms with Gasteiger partial charge in [-0.3, -0.25) is 4.55 Å². The van der Waals surface area contributed by atoms with Crippen LogP contribution in [0.3, 0.4) is 0 Å². The number of azo groups is 2. The summed E-state index contributed by atoms with van der Waals surface area (Å²) in [4.78, 5) is -0.0509. The standard InChI is InChI=1S/C18H16N4O6S2/c1-11-7-13(20-19-2)5-6-17(11)22-21-14-4-3-12-8-15(29-28-27-23)10-18(16(12)9-14)30(24,25)26/h3-10,23H,1-2H3,(H,24,25,26). The van der Waals surface area contributed by atoms with E-state index in [4.69, 9.17) is 5.26 Å². The van der Waals surface area contributed by atoms with Crippen LogP contribution in [-0.4, -0.2) is 25.3 Å². The third-order valence-electron chi connectivity index (χ3n) is 3.98. The van der Waals surface area contributed by atoms with Crippen molar-refractivity contribution in [3.63, 3.8) is 0 Å². The molecule has 0 amide bonds. The highest BCUT2D eigenvalue weighted by molar-refractivity contribution is 7.94. The Kier molecular flexibility index (Phi) is 6.87. The minimum absolute atomic E-state index is 0.249. The maximum Gasteiger partial charge on any atom is 0.295 e. The molecule has 156 valence electrons. The molecule has 0 saturated carbocycles. The Balaban J connectivity index is 2.01. The molecule has 0 saturated heterocycles. The molecule has 0 radical (unpaired) electrons. The van der Waals surface area contributed by atoms with E-state index < -0.39 is 10.1 Å². The van der Waals surface area contributed by atoms with Crippen LogP contribution in [0.15, 0.2) is 78.8 Å². The number of fused-ring (bicyclic) bond motifs is 1. The lowest BCUT2D eigenvalue weighted by atomic mass is 10.1. The van der Waals surface area contributed by atoms with Crippen molar-refractivity contribution >= 4 is 50.0 Å². The van der Waals surface area contributed by atoms with Crippen LogP contribution in [0.5, 0.6) is 0 Å². The minimum atomic E-state index is -4.54. The number of benzene rings is 3. The molecular weight excluding hydrogens is 432 g/mol. The molecule has 12 heteroatoms. The molecule has 30 heavy (non-hydrogen) atoms. The largest absolute Gasteiger partial charge is 0.295 e. The summed E-state index contributed by atoms with van der Waals surface area (Å²) in [6.45, 7) is 1.86. The van der Waals surface area contributed by atoms with Crippen molar-refractivity contribution in [1.29, 1.82) is 0 Å². The van der Waals surface area contributed by atoms with Gasteiger partial charge in [0, 0.05) is 17.3 Å². The molecule has 0 aromatic heterocycles. The number of hydrogen-bond donors (Lipinski definition) is 2. The predicted molar refractivity (Wildman–Crippen MR) is 110 cm³/mol. The SMILES string of the molecule is CN=Nc1ccc(N=Nc2ccc3cc(SOOO)cc(S(=O)(=O)O)c3c2)c(C)c1. The van der Waals surface area contributed by atoms with Gasteiger partial charge in [0.25, 0.3) is 10.1 Å². The van der Waals surface area contributed by atoms with Gasteiger partial charge in [-0.25, -0.2) is 5.26 Å². The van der Waals surface area contributed by atoms with Crippen LogP contribution in [0.2, 0.25) is 0 Å². The van der Waals surface area contributed by atoms with Crippen LogP contribution in [-0.2, 0) is 19.5 Å². The summed E-state index contributed by atoms with van der Waals surface area (Å²) in [5, 5.41) is 28.6. The second-order valence-electron chi connectivity index (χ2n) is 6.00. The topological polar surface area (TPSA) is 142 Å². The van der Waals surface area contributed by atoms with Crippen LogP contribution in [0.25, 0.3) is 10.8 Å². The summed E-state index contributed by atoms with van der Waals surface area (Å²) in [5.41, 5.74) is 2.55. The van der Waals surface area contributed by atoms with Gasteiger partial charge in [0.2, 0.25) is 0 Å². The summed E-state index contributed by atoms with van der Waals surface area (Å²) >= 11 is 0.579. The van der Waals surface area contributed by atoms with Gasteiger partial charge in [-0.1, -0.05) is 11.1 Å². The zero-order chi connectivity index (χ0) is 21.7. The summed E-state index contributed by atoms with van der Waals surface area (Å²) < 4.78 is 37.6. The quantitative estimate of drug-likeness (QED) is 0.149. The predicted octanol–water partition coefficient (Wildman–Crippen LogP) is 5.95. The third-order valence-corrected chi connectivity index (χ3v) is 5.43. The van der Waals surface area contributed by atoms with E-state index in [2.05, 4.69) is 29.8 Å². The number of aryl methyl sites for hydroxylation is 1. The Labute approximate surface area is 176 Å². The lowest BCUT2D eigenvalue weighted by molar-refractivity contribution is -0.432. The summed E-state index contributed by atoms with van der Waals surface area (Å²) in [6, 6.07) is 12.9. The zero-order valence-electron chi connectivity index (χ0n) is 15.8. The molecule has 0 aliphatic carbocycles. The van der Waals surface area contributed by atoms with Crippen LogP contribution in [0.4, 0.5) is 17.1 Å². The highest BCUT2D eigenvalue weighted by atomic mass is 32.2. The van der Waals surface area contributed by atoms with E-state index in [-0.39, 0.29) is 10.3 Å². The minimum Gasteiger partial charge on any atom is -0.282 e. The number of hydrogen-bond acceptors (Lipinski definition) is 10. The van der Waals surface area contributed by atoms with E-state index in [1.807, 2.05) is 13.0 Å². The van der Waals surface area contributed by atoms with Crippen molar-refractivity contribution in [3.8, 4) is 0 Å². The van der Waals surface area contributed by atoms with E-state index in [1.54, 1.807) is 37.4 Å². The van der Waals surface area contributed by atoms with Gasteiger partial charge in [-0.2, -0.15) is 28.9 Å². The Morgan fingerprint density at radius 1 is 0.967 bits per heavy atom. The average Bonchev–Trinajstić information content (AvgIpc) is 2.70. The second kappa shape index (κ2) is 9.38. The van der Waals surface area contributed by atoms with Crippen molar-refractivity contribution in [2.75, 3.05) is 7.05 Å². The van der Waals surface area contributed by atoms with Crippen LogP contribution < -0.4 is 0 Å². The van der Waals surface area contributed by atoms with E-state index in [1.165, 1.54) is 12.1 Å². The average molecular weight is 448 g/mol. The van der Waals surface area contributed by atoms with Crippen molar-refractivity contribution < 1.29 is 27.6 Å². The molecule has 3 aromatic carbocycles. The fourth-order valence-electron chi connectivity index (χ4n) is 2.70.